The van der Waals surface area contributed by atoms with Crippen molar-refractivity contribution in [2.75, 3.05) is 6.79 Å². The van der Waals surface area contributed by atoms with Gasteiger partial charge in [0.2, 0.25) is 6.79 Å². The number of benzene rings is 1. The van der Waals surface area contributed by atoms with E-state index >= 15 is 0 Å². The van der Waals surface area contributed by atoms with E-state index in [0.717, 1.165) is 16.9 Å². The Labute approximate surface area is 81.2 Å². The molecule has 0 bridgehead atoms. The molecule has 0 fully saturated rings. The summed E-state index contributed by atoms with van der Waals surface area (Å²) in [5, 5.41) is 9.71. The van der Waals surface area contributed by atoms with E-state index in [9.17, 15) is 5.11 Å². The highest BCUT2D eigenvalue weighted by Crippen LogP contribution is 2.44. The Hall–Kier alpha value is -1.26. The molecule has 0 amide bonds. The molecule has 2 aliphatic rings. The number of rotatable bonds is 0. The third-order valence-electron chi connectivity index (χ3n) is 2.81. The van der Waals surface area contributed by atoms with Crippen molar-refractivity contribution in [2.45, 2.75) is 18.6 Å². The Bertz CT molecular complexity index is 356. The molecule has 4 nitrogen and oxygen atoms in total. The normalized spacial score (nSPS) is 27.9. The SMILES string of the molecule is NC1CC(O)c2cc3c(cc21)OCO3. The molecular formula is C10H11NO3. The molecule has 4 heteroatoms. The summed E-state index contributed by atoms with van der Waals surface area (Å²) in [6, 6.07) is 3.61. The molecule has 1 aromatic carbocycles. The smallest absolute Gasteiger partial charge is 0.231 e. The molecule has 2 atom stereocenters. The molecule has 0 radical (unpaired) electrons. The first-order valence-corrected chi connectivity index (χ1v) is 4.63. The Morgan fingerprint density at radius 1 is 1.21 bits per heavy atom. The predicted molar refractivity (Wildman–Crippen MR) is 49.1 cm³/mol. The first-order valence-electron chi connectivity index (χ1n) is 4.63. The fourth-order valence-electron chi connectivity index (χ4n) is 2.08. The van der Waals surface area contributed by atoms with Gasteiger partial charge in [-0.3, -0.25) is 0 Å². The molecular weight excluding hydrogens is 182 g/mol. The molecule has 2 unspecified atom stereocenters. The highest BCUT2D eigenvalue weighted by atomic mass is 16.7. The van der Waals surface area contributed by atoms with Crippen LogP contribution < -0.4 is 15.2 Å². The maximum absolute atomic E-state index is 9.71. The Balaban J connectivity index is 2.17. The number of ether oxygens (including phenoxy) is 2. The van der Waals surface area contributed by atoms with Crippen LogP contribution in [-0.2, 0) is 0 Å². The van der Waals surface area contributed by atoms with Gasteiger partial charge in [-0.05, 0) is 29.7 Å². The summed E-state index contributed by atoms with van der Waals surface area (Å²) in [5.74, 6) is 1.44. The average molecular weight is 193 g/mol. The molecule has 1 aliphatic heterocycles. The lowest BCUT2D eigenvalue weighted by Gasteiger charge is -2.05. The van der Waals surface area contributed by atoms with Crippen LogP contribution >= 0.6 is 0 Å². The van der Waals surface area contributed by atoms with Gasteiger partial charge in [0.25, 0.3) is 0 Å². The Morgan fingerprint density at radius 3 is 2.57 bits per heavy atom. The number of hydrogen-bond donors (Lipinski definition) is 2. The minimum Gasteiger partial charge on any atom is -0.454 e. The maximum atomic E-state index is 9.71. The van der Waals surface area contributed by atoms with Gasteiger partial charge in [0.05, 0.1) is 6.10 Å². The predicted octanol–water partition coefficient (Wildman–Crippen LogP) is 0.852. The van der Waals surface area contributed by atoms with Crippen molar-refractivity contribution >= 4 is 0 Å². The highest BCUT2D eigenvalue weighted by molar-refractivity contribution is 5.52. The van der Waals surface area contributed by atoms with Crippen molar-refractivity contribution in [3.63, 3.8) is 0 Å². The molecule has 1 heterocycles. The summed E-state index contributed by atoms with van der Waals surface area (Å²) < 4.78 is 10.5. The van der Waals surface area contributed by atoms with Crippen LogP contribution in [0.2, 0.25) is 0 Å². The van der Waals surface area contributed by atoms with Crippen molar-refractivity contribution < 1.29 is 14.6 Å². The summed E-state index contributed by atoms with van der Waals surface area (Å²) in [4.78, 5) is 0. The zero-order chi connectivity index (χ0) is 9.71. The van der Waals surface area contributed by atoms with Crippen LogP contribution in [0.3, 0.4) is 0 Å². The van der Waals surface area contributed by atoms with Gasteiger partial charge >= 0.3 is 0 Å². The molecule has 74 valence electrons. The molecule has 3 N–H and O–H groups in total. The fraction of sp³-hybridized carbons (Fsp3) is 0.400. The van der Waals surface area contributed by atoms with Crippen molar-refractivity contribution in [3.05, 3.63) is 23.3 Å². The second kappa shape index (κ2) is 2.62. The van der Waals surface area contributed by atoms with Crippen LogP contribution in [0, 0.1) is 0 Å². The van der Waals surface area contributed by atoms with Crippen LogP contribution in [0.15, 0.2) is 12.1 Å². The van der Waals surface area contributed by atoms with Crippen LogP contribution in [0.5, 0.6) is 11.5 Å². The lowest BCUT2D eigenvalue weighted by molar-refractivity contribution is 0.168. The summed E-state index contributed by atoms with van der Waals surface area (Å²) >= 11 is 0. The van der Waals surface area contributed by atoms with E-state index in [1.54, 1.807) is 0 Å². The first kappa shape index (κ1) is 8.08. The first-order chi connectivity index (χ1) is 6.75. The number of aliphatic hydroxyl groups excluding tert-OH is 1. The van der Waals surface area contributed by atoms with Crippen molar-refractivity contribution in [3.8, 4) is 11.5 Å². The van der Waals surface area contributed by atoms with Gasteiger partial charge in [-0.15, -0.1) is 0 Å². The number of fused-ring (bicyclic) bond motifs is 2. The second-order valence-electron chi connectivity index (χ2n) is 3.69. The number of nitrogens with two attached hydrogens (primary N) is 1. The molecule has 1 aliphatic carbocycles. The van der Waals surface area contributed by atoms with Gasteiger partial charge < -0.3 is 20.3 Å². The summed E-state index contributed by atoms with van der Waals surface area (Å²) in [7, 11) is 0. The molecule has 14 heavy (non-hydrogen) atoms. The van der Waals surface area contributed by atoms with Gasteiger partial charge in [0, 0.05) is 6.04 Å². The lowest BCUT2D eigenvalue weighted by atomic mass is 10.1. The van der Waals surface area contributed by atoms with Crippen LogP contribution in [0.25, 0.3) is 0 Å². The van der Waals surface area contributed by atoms with Crippen molar-refractivity contribution in [2.24, 2.45) is 5.73 Å². The van der Waals surface area contributed by atoms with E-state index in [4.69, 9.17) is 15.2 Å². The zero-order valence-corrected chi connectivity index (χ0v) is 7.56. The zero-order valence-electron chi connectivity index (χ0n) is 7.56. The van der Waals surface area contributed by atoms with E-state index in [1.165, 1.54) is 0 Å². The summed E-state index contributed by atoms with van der Waals surface area (Å²) in [6.07, 6.45) is 0.118. The quantitative estimate of drug-likeness (QED) is 0.641. The van der Waals surface area contributed by atoms with Gasteiger partial charge in [-0.2, -0.15) is 0 Å². The van der Waals surface area contributed by atoms with Gasteiger partial charge in [0.1, 0.15) is 0 Å². The monoisotopic (exact) mass is 193 g/mol. The van der Waals surface area contributed by atoms with Gasteiger partial charge in [-0.25, -0.2) is 0 Å². The van der Waals surface area contributed by atoms with Crippen LogP contribution in [0.4, 0.5) is 0 Å². The second-order valence-corrected chi connectivity index (χ2v) is 3.69. The molecule has 0 spiro atoms. The lowest BCUT2D eigenvalue weighted by Crippen LogP contribution is -2.05. The third-order valence-corrected chi connectivity index (χ3v) is 2.81. The maximum Gasteiger partial charge on any atom is 0.231 e. The Kier molecular flexibility index (Phi) is 1.51. The highest BCUT2D eigenvalue weighted by Gasteiger charge is 2.30. The topological polar surface area (TPSA) is 64.7 Å². The van der Waals surface area contributed by atoms with E-state index < -0.39 is 6.10 Å². The van der Waals surface area contributed by atoms with E-state index in [0.29, 0.717) is 12.2 Å². The standard InChI is InChI=1S/C10H11NO3/c11-7-3-8(12)6-2-10-9(1-5(6)7)13-4-14-10/h1-2,7-8,12H,3-4,11H2. The van der Waals surface area contributed by atoms with Crippen molar-refractivity contribution in [1.29, 1.82) is 0 Å². The van der Waals surface area contributed by atoms with Crippen LogP contribution in [0.1, 0.15) is 29.7 Å². The van der Waals surface area contributed by atoms with Crippen molar-refractivity contribution in [1.82, 2.24) is 0 Å². The molecule has 0 saturated heterocycles. The average Bonchev–Trinajstić information content (AvgIpc) is 2.70. The molecule has 1 aromatic rings. The molecule has 0 aromatic heterocycles. The minimum atomic E-state index is -0.463. The van der Waals surface area contributed by atoms with E-state index in [-0.39, 0.29) is 12.8 Å². The van der Waals surface area contributed by atoms with Crippen LogP contribution in [-0.4, -0.2) is 11.9 Å². The van der Waals surface area contributed by atoms with Gasteiger partial charge in [-0.1, -0.05) is 0 Å². The number of hydrogen-bond acceptors (Lipinski definition) is 4. The summed E-state index contributed by atoms with van der Waals surface area (Å²) in [5.41, 5.74) is 7.72. The largest absolute Gasteiger partial charge is 0.454 e. The number of aliphatic hydroxyl groups is 1. The van der Waals surface area contributed by atoms with Gasteiger partial charge in [0.15, 0.2) is 11.5 Å². The Morgan fingerprint density at radius 2 is 1.86 bits per heavy atom. The van der Waals surface area contributed by atoms with E-state index in [2.05, 4.69) is 0 Å². The van der Waals surface area contributed by atoms with E-state index in [1.807, 2.05) is 12.1 Å². The third kappa shape index (κ3) is 0.951. The fourth-order valence-corrected chi connectivity index (χ4v) is 2.08. The summed E-state index contributed by atoms with van der Waals surface area (Å²) in [6.45, 7) is 0.254. The minimum absolute atomic E-state index is 0.0884. The molecule has 3 rings (SSSR count). The molecule has 0 saturated carbocycles.